The van der Waals surface area contributed by atoms with Gasteiger partial charge < -0.3 is 34.1 Å². The zero-order valence-electron chi connectivity index (χ0n) is 17.3. The Morgan fingerprint density at radius 2 is 1.67 bits per heavy atom. The molecule has 8 nitrogen and oxygen atoms in total. The van der Waals surface area contributed by atoms with E-state index in [1.807, 2.05) is 29.2 Å². The zero-order valence-corrected chi connectivity index (χ0v) is 17.3. The molecule has 2 aromatic rings. The Labute approximate surface area is 175 Å². The second kappa shape index (κ2) is 8.44. The van der Waals surface area contributed by atoms with Crippen LogP contribution in [0.25, 0.3) is 0 Å². The summed E-state index contributed by atoms with van der Waals surface area (Å²) in [6.45, 7) is 2.66. The van der Waals surface area contributed by atoms with Gasteiger partial charge in [0, 0.05) is 55.8 Å². The third-order valence-electron chi connectivity index (χ3n) is 5.31. The van der Waals surface area contributed by atoms with E-state index in [0.717, 1.165) is 11.4 Å². The molecule has 158 valence electrons. The second-order valence-electron chi connectivity index (χ2n) is 6.94. The van der Waals surface area contributed by atoms with Crippen LogP contribution >= 0.6 is 0 Å². The number of nitrogens with zero attached hydrogens (tertiary/aromatic N) is 2. The van der Waals surface area contributed by atoms with Crippen molar-refractivity contribution in [2.24, 2.45) is 0 Å². The lowest BCUT2D eigenvalue weighted by atomic mass is 10.1. The van der Waals surface area contributed by atoms with Crippen LogP contribution in [0.15, 0.2) is 42.8 Å². The molecule has 4 rings (SSSR count). The van der Waals surface area contributed by atoms with E-state index in [1.165, 1.54) is 0 Å². The van der Waals surface area contributed by atoms with Crippen LogP contribution in [0.4, 0.5) is 11.4 Å². The smallest absolute Gasteiger partial charge is 0.254 e. The molecular weight excluding hydrogens is 386 g/mol. The minimum absolute atomic E-state index is 0.0127. The molecule has 1 saturated heterocycles. The number of carbonyl (C=O) groups excluding carboxylic acids is 1. The number of rotatable bonds is 5. The number of ether oxygens (including phenoxy) is 4. The standard InChI is InChI=1S/C22H25N3O5/c1-27-19-13-16(14-20(28-2)21(19)29-3)24-7-9-25(10-8-24)22(26)15-4-5-18-17(12-15)23-6-11-30-18/h4-6,11-14,23H,7-10H2,1-3H3. The maximum absolute atomic E-state index is 13.0. The normalized spacial score (nSPS) is 15.0. The Kier molecular flexibility index (Phi) is 5.56. The van der Waals surface area contributed by atoms with E-state index in [2.05, 4.69) is 10.2 Å². The van der Waals surface area contributed by atoms with Crippen molar-refractivity contribution >= 4 is 17.3 Å². The molecule has 1 fully saturated rings. The van der Waals surface area contributed by atoms with E-state index in [9.17, 15) is 4.79 Å². The number of hydrogen-bond acceptors (Lipinski definition) is 7. The summed E-state index contributed by atoms with van der Waals surface area (Å²) in [5.74, 6) is 2.52. The molecule has 2 heterocycles. The van der Waals surface area contributed by atoms with Crippen LogP contribution in [0.3, 0.4) is 0 Å². The van der Waals surface area contributed by atoms with Crippen LogP contribution in [0.5, 0.6) is 23.0 Å². The highest BCUT2D eigenvalue weighted by Crippen LogP contribution is 2.41. The highest BCUT2D eigenvalue weighted by atomic mass is 16.5. The van der Waals surface area contributed by atoms with Gasteiger partial charge in [0.1, 0.15) is 12.0 Å². The van der Waals surface area contributed by atoms with E-state index >= 15 is 0 Å². The SMILES string of the molecule is COc1cc(N2CCN(C(=O)c3ccc4c(c3)NC=CO4)CC2)cc(OC)c1OC. The van der Waals surface area contributed by atoms with E-state index in [-0.39, 0.29) is 5.91 Å². The number of hydrogen-bond donors (Lipinski definition) is 1. The van der Waals surface area contributed by atoms with Gasteiger partial charge in [-0.25, -0.2) is 0 Å². The first-order valence-corrected chi connectivity index (χ1v) is 9.71. The maximum atomic E-state index is 13.0. The van der Waals surface area contributed by atoms with Gasteiger partial charge in [0.05, 0.1) is 27.0 Å². The maximum Gasteiger partial charge on any atom is 0.254 e. The summed E-state index contributed by atoms with van der Waals surface area (Å²) in [5, 5.41) is 3.10. The van der Waals surface area contributed by atoms with Gasteiger partial charge in [-0.1, -0.05) is 0 Å². The monoisotopic (exact) mass is 411 g/mol. The van der Waals surface area contributed by atoms with E-state index in [4.69, 9.17) is 18.9 Å². The van der Waals surface area contributed by atoms with Gasteiger partial charge in [0.15, 0.2) is 11.5 Å². The van der Waals surface area contributed by atoms with Crippen molar-refractivity contribution in [2.75, 3.05) is 57.7 Å². The van der Waals surface area contributed by atoms with Crippen LogP contribution < -0.4 is 29.2 Å². The fourth-order valence-corrected chi connectivity index (χ4v) is 3.71. The molecule has 2 aliphatic heterocycles. The van der Waals surface area contributed by atoms with E-state index < -0.39 is 0 Å². The Morgan fingerprint density at radius 3 is 2.30 bits per heavy atom. The Morgan fingerprint density at radius 1 is 0.967 bits per heavy atom. The molecule has 0 aromatic heterocycles. The van der Waals surface area contributed by atoms with Crippen molar-refractivity contribution in [3.8, 4) is 23.0 Å². The Balaban J connectivity index is 1.46. The van der Waals surface area contributed by atoms with Crippen LogP contribution in [0.1, 0.15) is 10.4 Å². The van der Waals surface area contributed by atoms with Gasteiger partial charge in [-0.3, -0.25) is 4.79 Å². The molecule has 0 radical (unpaired) electrons. The molecule has 0 atom stereocenters. The third kappa shape index (κ3) is 3.68. The predicted molar refractivity (Wildman–Crippen MR) is 114 cm³/mol. The lowest BCUT2D eigenvalue weighted by molar-refractivity contribution is 0.0746. The molecule has 0 saturated carbocycles. The Hall–Kier alpha value is -3.55. The minimum atomic E-state index is 0.0127. The van der Waals surface area contributed by atoms with Crippen molar-refractivity contribution < 1.29 is 23.7 Å². The van der Waals surface area contributed by atoms with Crippen molar-refractivity contribution in [3.05, 3.63) is 48.4 Å². The van der Waals surface area contributed by atoms with Crippen molar-refractivity contribution in [3.63, 3.8) is 0 Å². The second-order valence-corrected chi connectivity index (χ2v) is 6.94. The van der Waals surface area contributed by atoms with E-state index in [1.54, 1.807) is 39.9 Å². The van der Waals surface area contributed by atoms with Crippen LogP contribution in [-0.2, 0) is 0 Å². The van der Waals surface area contributed by atoms with Gasteiger partial charge in [-0.2, -0.15) is 0 Å². The van der Waals surface area contributed by atoms with E-state index in [0.29, 0.717) is 54.7 Å². The van der Waals surface area contributed by atoms with Gasteiger partial charge in [-0.05, 0) is 18.2 Å². The lowest BCUT2D eigenvalue weighted by Gasteiger charge is -2.36. The number of benzene rings is 2. The molecule has 0 bridgehead atoms. The van der Waals surface area contributed by atoms with Gasteiger partial charge in [0.25, 0.3) is 5.91 Å². The number of piperazine rings is 1. The van der Waals surface area contributed by atoms with Gasteiger partial charge in [-0.15, -0.1) is 0 Å². The molecule has 0 aliphatic carbocycles. The molecule has 2 aromatic carbocycles. The summed E-state index contributed by atoms with van der Waals surface area (Å²) >= 11 is 0. The molecule has 30 heavy (non-hydrogen) atoms. The zero-order chi connectivity index (χ0) is 21.1. The first-order chi connectivity index (χ1) is 14.6. The molecule has 1 N–H and O–H groups in total. The lowest BCUT2D eigenvalue weighted by Crippen LogP contribution is -2.48. The molecule has 0 spiro atoms. The summed E-state index contributed by atoms with van der Waals surface area (Å²) in [5.41, 5.74) is 2.40. The van der Waals surface area contributed by atoms with Crippen LogP contribution in [-0.4, -0.2) is 58.3 Å². The molecule has 2 aliphatic rings. The van der Waals surface area contributed by atoms with Crippen molar-refractivity contribution in [1.29, 1.82) is 0 Å². The van der Waals surface area contributed by atoms with Gasteiger partial charge in [0.2, 0.25) is 5.75 Å². The summed E-state index contributed by atoms with van der Waals surface area (Å²) in [6, 6.07) is 9.30. The fraction of sp³-hybridized carbons (Fsp3) is 0.318. The first-order valence-electron chi connectivity index (χ1n) is 9.71. The average Bonchev–Trinajstić information content (AvgIpc) is 2.82. The number of amides is 1. The molecule has 8 heteroatoms. The minimum Gasteiger partial charge on any atom is -0.493 e. The van der Waals surface area contributed by atoms with Crippen molar-refractivity contribution in [2.45, 2.75) is 0 Å². The topological polar surface area (TPSA) is 72.5 Å². The highest BCUT2D eigenvalue weighted by molar-refractivity contribution is 5.96. The largest absolute Gasteiger partial charge is 0.493 e. The average molecular weight is 411 g/mol. The number of carbonyl (C=O) groups is 1. The summed E-state index contributed by atoms with van der Waals surface area (Å²) in [7, 11) is 4.79. The summed E-state index contributed by atoms with van der Waals surface area (Å²) in [4.78, 5) is 17.1. The number of anilines is 2. The fourth-order valence-electron chi connectivity index (χ4n) is 3.71. The van der Waals surface area contributed by atoms with Crippen LogP contribution in [0.2, 0.25) is 0 Å². The number of fused-ring (bicyclic) bond motifs is 1. The number of methoxy groups -OCH3 is 3. The Bertz CT molecular complexity index is 942. The third-order valence-corrected chi connectivity index (χ3v) is 5.31. The molecule has 1 amide bonds. The number of nitrogens with one attached hydrogen (secondary N) is 1. The summed E-state index contributed by atoms with van der Waals surface area (Å²) < 4.78 is 21.7. The van der Waals surface area contributed by atoms with Crippen molar-refractivity contribution in [1.82, 2.24) is 4.90 Å². The molecular formula is C22H25N3O5. The highest BCUT2D eigenvalue weighted by Gasteiger charge is 2.25. The quantitative estimate of drug-likeness (QED) is 0.811. The predicted octanol–water partition coefficient (Wildman–Crippen LogP) is 2.95. The first kappa shape index (κ1) is 19.8. The summed E-state index contributed by atoms with van der Waals surface area (Å²) in [6.07, 6.45) is 3.28. The van der Waals surface area contributed by atoms with Gasteiger partial charge >= 0.3 is 0 Å². The van der Waals surface area contributed by atoms with Crippen LogP contribution in [0, 0.1) is 0 Å². The molecule has 0 unspecified atom stereocenters.